The van der Waals surface area contributed by atoms with Crippen LogP contribution >= 0.6 is 11.3 Å². The quantitative estimate of drug-likeness (QED) is 0.325. The van der Waals surface area contributed by atoms with Crippen LogP contribution in [0.1, 0.15) is 69.5 Å². The van der Waals surface area contributed by atoms with Gasteiger partial charge >= 0.3 is 5.97 Å². The maximum Gasteiger partial charge on any atom is 0.330 e. The van der Waals surface area contributed by atoms with Crippen LogP contribution in [0, 0.1) is 24.7 Å². The van der Waals surface area contributed by atoms with Crippen LogP contribution in [0.5, 0.6) is 11.5 Å². The largest absolute Gasteiger partial charge is 0.496 e. The van der Waals surface area contributed by atoms with Crippen molar-refractivity contribution >= 4 is 40.0 Å². The molecule has 10 nitrogen and oxygen atoms in total. The Bertz CT molecular complexity index is 1700. The summed E-state index contributed by atoms with van der Waals surface area (Å²) in [5.41, 5.74) is 1.94. The number of methoxy groups -OCH3 is 1. The summed E-state index contributed by atoms with van der Waals surface area (Å²) < 4.78 is 12.3. The number of rotatable bonds is 6. The molecule has 2 amide bonds. The molecule has 2 fully saturated rings. The monoisotopic (exact) mass is 646 g/mol. The predicted octanol–water partition coefficient (Wildman–Crippen LogP) is 5.73. The number of fused-ring (bicyclic) bond motifs is 3. The Kier molecular flexibility index (Phi) is 8.80. The van der Waals surface area contributed by atoms with Crippen molar-refractivity contribution in [1.29, 1.82) is 0 Å². The molecule has 2 N–H and O–H groups in total. The Labute approximate surface area is 273 Å². The van der Waals surface area contributed by atoms with Crippen molar-refractivity contribution in [3.8, 4) is 22.2 Å². The van der Waals surface area contributed by atoms with E-state index in [2.05, 4.69) is 19.2 Å². The van der Waals surface area contributed by atoms with E-state index >= 15 is 0 Å². The zero-order valence-electron chi connectivity index (χ0n) is 27.0. The standard InChI is InChI=1S/C35H42N4O6S/c1-19(2)27-18-46-32(37-27)26-16-29(23-11-12-28(44-5)20(3)30(23)36-26)45-22-14-24-25(15-22)33(41)39(4)13-9-7-6-8-10-21-17-35(21,34(42)43)38-31(24)40/h8,10-12,16,18-19,21-22,24-25H,6-7,9,13-15,17H2,1-5H3,(H,38,40)(H,42,43)/b10-8-/t21-,22+,24+,25+,35-/m1/s1. The molecule has 46 heavy (non-hydrogen) atoms. The van der Waals surface area contributed by atoms with Gasteiger partial charge in [0.15, 0.2) is 0 Å². The van der Waals surface area contributed by atoms with Crippen molar-refractivity contribution in [2.24, 2.45) is 17.8 Å². The molecule has 2 saturated carbocycles. The van der Waals surface area contributed by atoms with Crippen molar-refractivity contribution in [1.82, 2.24) is 20.2 Å². The molecule has 3 aliphatic rings. The third-order valence-electron chi connectivity index (χ3n) is 9.77. The van der Waals surface area contributed by atoms with Gasteiger partial charge in [-0.15, -0.1) is 11.3 Å². The molecule has 5 atom stereocenters. The molecule has 0 radical (unpaired) electrons. The summed E-state index contributed by atoms with van der Waals surface area (Å²) in [5.74, 6) is -1.58. The molecule has 11 heteroatoms. The van der Waals surface area contributed by atoms with E-state index in [9.17, 15) is 19.5 Å². The maximum absolute atomic E-state index is 13.8. The van der Waals surface area contributed by atoms with Crippen LogP contribution in [0.15, 0.2) is 35.7 Å². The van der Waals surface area contributed by atoms with Crippen LogP contribution in [-0.2, 0) is 14.4 Å². The molecule has 0 spiro atoms. The molecule has 6 rings (SSSR count). The Morgan fingerprint density at radius 2 is 1.93 bits per heavy atom. The number of aromatic nitrogens is 2. The number of carboxylic acid groups (broad SMARTS) is 1. The lowest BCUT2D eigenvalue weighted by Gasteiger charge is -2.26. The Balaban J connectivity index is 1.35. The van der Waals surface area contributed by atoms with Crippen LogP contribution < -0.4 is 14.8 Å². The normalized spacial score (nSPS) is 27.5. The lowest BCUT2D eigenvalue weighted by molar-refractivity contribution is -0.145. The molecule has 0 bridgehead atoms. The summed E-state index contributed by atoms with van der Waals surface area (Å²) in [6.07, 6.45) is 6.97. The minimum absolute atomic E-state index is 0.111. The Morgan fingerprint density at radius 1 is 1.15 bits per heavy atom. The summed E-state index contributed by atoms with van der Waals surface area (Å²) in [4.78, 5) is 51.5. The van der Waals surface area contributed by atoms with Crippen molar-refractivity contribution in [3.05, 3.63) is 47.0 Å². The number of pyridine rings is 1. The van der Waals surface area contributed by atoms with Crippen molar-refractivity contribution in [3.63, 3.8) is 0 Å². The zero-order chi connectivity index (χ0) is 32.7. The molecule has 1 aromatic carbocycles. The molecule has 1 aliphatic heterocycles. The number of aryl methyl sites for hydroxylation is 1. The highest BCUT2D eigenvalue weighted by Gasteiger charge is 2.61. The molecule has 0 unspecified atom stereocenters. The molecule has 0 saturated heterocycles. The number of allylic oxidation sites excluding steroid dienone is 1. The first-order chi connectivity index (χ1) is 22.0. The van der Waals surface area contributed by atoms with E-state index in [0.29, 0.717) is 36.6 Å². The van der Waals surface area contributed by atoms with Crippen LogP contribution in [-0.4, -0.2) is 70.1 Å². The third-order valence-corrected chi connectivity index (χ3v) is 10.7. The number of carboxylic acids is 1. The number of carbonyl (C=O) groups excluding carboxylic acids is 2. The number of carbonyl (C=O) groups is 3. The average Bonchev–Trinajstić information content (AvgIpc) is 3.33. The molecule has 2 aromatic heterocycles. The van der Waals surface area contributed by atoms with Gasteiger partial charge in [-0.1, -0.05) is 26.0 Å². The lowest BCUT2D eigenvalue weighted by atomic mass is 9.93. The zero-order valence-corrected chi connectivity index (χ0v) is 27.9. The molecular formula is C35H42N4O6S. The van der Waals surface area contributed by atoms with Crippen molar-refractivity contribution in [2.75, 3.05) is 20.7 Å². The summed E-state index contributed by atoms with van der Waals surface area (Å²) in [6, 6.07) is 5.70. The summed E-state index contributed by atoms with van der Waals surface area (Å²) in [5, 5.41) is 16.6. The topological polar surface area (TPSA) is 131 Å². The van der Waals surface area contributed by atoms with E-state index in [1.807, 2.05) is 42.7 Å². The summed E-state index contributed by atoms with van der Waals surface area (Å²) in [6.45, 7) is 6.75. The Hall–Kier alpha value is -3.99. The highest BCUT2D eigenvalue weighted by atomic mass is 32.1. The van der Waals surface area contributed by atoms with Gasteiger partial charge in [-0.3, -0.25) is 9.59 Å². The number of thiazole rings is 1. The predicted molar refractivity (Wildman–Crippen MR) is 176 cm³/mol. The maximum atomic E-state index is 13.8. The van der Waals surface area contributed by atoms with E-state index in [1.54, 1.807) is 19.1 Å². The fourth-order valence-electron chi connectivity index (χ4n) is 6.85. The van der Waals surface area contributed by atoms with Gasteiger partial charge in [-0.2, -0.15) is 0 Å². The number of amides is 2. The fraction of sp³-hybridized carbons (Fsp3) is 0.514. The molecule has 2 aliphatic carbocycles. The van der Waals surface area contributed by atoms with Gasteiger partial charge in [-0.25, -0.2) is 14.8 Å². The van der Waals surface area contributed by atoms with Crippen LogP contribution in [0.4, 0.5) is 0 Å². The van der Waals surface area contributed by atoms with Crippen LogP contribution in [0.25, 0.3) is 21.6 Å². The molecule has 3 heterocycles. The number of aliphatic carboxylic acids is 1. The van der Waals surface area contributed by atoms with E-state index in [0.717, 1.165) is 46.4 Å². The summed E-state index contributed by atoms with van der Waals surface area (Å²) in [7, 11) is 3.41. The van der Waals surface area contributed by atoms with Gasteiger partial charge in [0.05, 0.1) is 30.2 Å². The molecule has 3 aromatic rings. The van der Waals surface area contributed by atoms with Crippen molar-refractivity contribution in [2.45, 2.75) is 76.9 Å². The van der Waals surface area contributed by atoms with Gasteiger partial charge in [0, 0.05) is 41.9 Å². The Morgan fingerprint density at radius 3 is 2.65 bits per heavy atom. The number of hydrogen-bond donors (Lipinski definition) is 2. The highest BCUT2D eigenvalue weighted by Crippen LogP contribution is 2.47. The molecular weight excluding hydrogens is 604 g/mol. The van der Waals surface area contributed by atoms with E-state index in [-0.39, 0.29) is 24.2 Å². The molecule has 244 valence electrons. The van der Waals surface area contributed by atoms with Gasteiger partial charge in [0.2, 0.25) is 11.8 Å². The summed E-state index contributed by atoms with van der Waals surface area (Å²) >= 11 is 1.53. The van der Waals surface area contributed by atoms with Crippen molar-refractivity contribution < 1.29 is 29.0 Å². The smallest absolute Gasteiger partial charge is 0.330 e. The van der Waals surface area contributed by atoms with Gasteiger partial charge in [0.25, 0.3) is 0 Å². The minimum Gasteiger partial charge on any atom is -0.496 e. The lowest BCUT2D eigenvalue weighted by Crippen LogP contribution is -2.49. The first kappa shape index (κ1) is 32.0. The first-order valence-corrected chi connectivity index (χ1v) is 17.0. The van der Waals surface area contributed by atoms with Crippen LogP contribution in [0.2, 0.25) is 0 Å². The third kappa shape index (κ3) is 5.97. The second-order valence-electron chi connectivity index (χ2n) is 13.2. The number of nitrogens with zero attached hydrogens (tertiary/aromatic N) is 3. The van der Waals surface area contributed by atoms with E-state index in [4.69, 9.17) is 19.4 Å². The number of ether oxygens (including phenoxy) is 2. The SMILES string of the molecule is COc1ccc2c(O[C@H]3C[C@@H]4C(=O)N[C@]5(C(=O)O)C[C@H]5/C=C\CCCCN(C)C(=O)[C@H]4C3)cc(-c3nc(C(C)C)cs3)nc2c1C. The fourth-order valence-corrected chi connectivity index (χ4v) is 7.79. The number of nitrogens with one attached hydrogen (secondary N) is 1. The van der Waals surface area contributed by atoms with Gasteiger partial charge in [-0.05, 0) is 63.5 Å². The number of benzene rings is 1. The second-order valence-corrected chi connectivity index (χ2v) is 14.1. The second kappa shape index (κ2) is 12.7. The number of hydrogen-bond acceptors (Lipinski definition) is 8. The van der Waals surface area contributed by atoms with Gasteiger partial charge in [0.1, 0.15) is 33.8 Å². The van der Waals surface area contributed by atoms with E-state index < -0.39 is 35.4 Å². The highest BCUT2D eigenvalue weighted by molar-refractivity contribution is 7.13. The van der Waals surface area contributed by atoms with Gasteiger partial charge < -0.3 is 24.8 Å². The average molecular weight is 647 g/mol. The minimum atomic E-state index is -1.33. The first-order valence-electron chi connectivity index (χ1n) is 16.1. The van der Waals surface area contributed by atoms with E-state index in [1.165, 1.54) is 11.3 Å². The van der Waals surface area contributed by atoms with Crippen LogP contribution in [0.3, 0.4) is 0 Å².